The zero-order valence-electron chi connectivity index (χ0n) is 12.2. The van der Waals surface area contributed by atoms with Gasteiger partial charge in [0.2, 0.25) is 5.95 Å². The van der Waals surface area contributed by atoms with Crippen molar-refractivity contribution >= 4 is 17.6 Å². The van der Waals surface area contributed by atoms with Crippen LogP contribution in [0.1, 0.15) is 39.0 Å². The fourth-order valence-electron chi connectivity index (χ4n) is 2.61. The Kier molecular flexibility index (Phi) is 5.40. The lowest BCUT2D eigenvalue weighted by molar-refractivity contribution is 0.254. The van der Waals surface area contributed by atoms with Crippen LogP contribution < -0.4 is 16.0 Å². The maximum Gasteiger partial charge on any atom is 0.223 e. The third-order valence-corrected chi connectivity index (χ3v) is 3.67. The normalized spacial score (nSPS) is 19.7. The Labute approximate surface area is 120 Å². The van der Waals surface area contributed by atoms with Gasteiger partial charge in [0.15, 0.2) is 0 Å². The summed E-state index contributed by atoms with van der Waals surface area (Å²) in [6.07, 6.45) is 5.51. The second kappa shape index (κ2) is 7.28. The highest BCUT2D eigenvalue weighted by molar-refractivity contribution is 5.53. The molecule has 20 heavy (non-hydrogen) atoms. The highest BCUT2D eigenvalue weighted by Crippen LogP contribution is 2.24. The van der Waals surface area contributed by atoms with Crippen LogP contribution in [0.2, 0.25) is 0 Å². The van der Waals surface area contributed by atoms with Crippen molar-refractivity contribution in [2.24, 2.45) is 0 Å². The first-order valence-corrected chi connectivity index (χ1v) is 7.50. The molecule has 1 unspecified atom stereocenters. The van der Waals surface area contributed by atoms with E-state index < -0.39 is 0 Å². The van der Waals surface area contributed by atoms with Gasteiger partial charge in [-0.2, -0.15) is 9.97 Å². The molecule has 0 spiro atoms. The fourth-order valence-corrected chi connectivity index (χ4v) is 2.61. The summed E-state index contributed by atoms with van der Waals surface area (Å²) in [5.74, 6) is 1.86. The molecule has 0 bridgehead atoms. The Hall–Kier alpha value is -1.56. The van der Waals surface area contributed by atoms with E-state index in [1.54, 1.807) is 0 Å². The Morgan fingerprint density at radius 1 is 1.40 bits per heavy atom. The van der Waals surface area contributed by atoms with Crippen LogP contribution in [-0.2, 0) is 0 Å². The van der Waals surface area contributed by atoms with Crippen LogP contribution in [0.5, 0.6) is 0 Å². The molecular weight excluding hydrogens is 254 g/mol. The topological polar surface area (TPSA) is 87.3 Å². The predicted molar refractivity (Wildman–Crippen MR) is 81.9 cm³/mol. The molecule has 6 nitrogen and oxygen atoms in total. The summed E-state index contributed by atoms with van der Waals surface area (Å²) in [7, 11) is 0. The largest absolute Gasteiger partial charge is 0.394 e. The van der Waals surface area contributed by atoms with Gasteiger partial charge < -0.3 is 21.1 Å². The molecule has 0 amide bonds. The minimum Gasteiger partial charge on any atom is -0.394 e. The lowest BCUT2D eigenvalue weighted by atomic mass is 10.1. The van der Waals surface area contributed by atoms with Crippen molar-refractivity contribution in [3.63, 3.8) is 0 Å². The van der Waals surface area contributed by atoms with E-state index in [1.807, 2.05) is 6.07 Å². The van der Waals surface area contributed by atoms with E-state index in [0.717, 1.165) is 50.4 Å². The van der Waals surface area contributed by atoms with Crippen molar-refractivity contribution in [1.82, 2.24) is 9.97 Å². The van der Waals surface area contributed by atoms with Gasteiger partial charge in [-0.3, -0.25) is 0 Å². The van der Waals surface area contributed by atoms with Crippen molar-refractivity contribution in [3.8, 4) is 0 Å². The van der Waals surface area contributed by atoms with Crippen molar-refractivity contribution in [1.29, 1.82) is 0 Å². The van der Waals surface area contributed by atoms with Crippen LogP contribution in [0, 0.1) is 0 Å². The fraction of sp³-hybridized carbons (Fsp3) is 0.714. The molecule has 1 fully saturated rings. The Morgan fingerprint density at radius 2 is 2.25 bits per heavy atom. The summed E-state index contributed by atoms with van der Waals surface area (Å²) in [6.45, 7) is 4.03. The van der Waals surface area contributed by atoms with Crippen LogP contribution in [0.4, 0.5) is 17.6 Å². The van der Waals surface area contributed by atoms with Gasteiger partial charge in [-0.05, 0) is 19.3 Å². The number of hydrogen-bond donors (Lipinski definition) is 3. The van der Waals surface area contributed by atoms with E-state index in [4.69, 9.17) is 5.73 Å². The summed E-state index contributed by atoms with van der Waals surface area (Å²) in [4.78, 5) is 10.7. The van der Waals surface area contributed by atoms with Gasteiger partial charge >= 0.3 is 0 Å². The number of aliphatic hydroxyl groups excluding tert-OH is 1. The summed E-state index contributed by atoms with van der Waals surface area (Å²) < 4.78 is 0. The molecule has 1 atom stereocenters. The molecule has 2 rings (SSSR count). The van der Waals surface area contributed by atoms with E-state index in [2.05, 4.69) is 27.1 Å². The van der Waals surface area contributed by atoms with Gasteiger partial charge in [0.25, 0.3) is 0 Å². The molecule has 2 heterocycles. The molecule has 6 heteroatoms. The number of aromatic nitrogens is 2. The van der Waals surface area contributed by atoms with Gasteiger partial charge in [0.05, 0.1) is 12.6 Å². The minimum atomic E-state index is 0.130. The number of nitrogen functional groups attached to an aromatic ring is 1. The first kappa shape index (κ1) is 14.8. The number of aliphatic hydroxyl groups is 1. The van der Waals surface area contributed by atoms with Crippen molar-refractivity contribution < 1.29 is 5.11 Å². The summed E-state index contributed by atoms with van der Waals surface area (Å²) in [5, 5.41) is 12.8. The molecule has 1 saturated heterocycles. The smallest absolute Gasteiger partial charge is 0.223 e. The molecule has 1 aromatic rings. The quantitative estimate of drug-likeness (QED) is 0.759. The second-order valence-electron chi connectivity index (χ2n) is 5.28. The summed E-state index contributed by atoms with van der Waals surface area (Å²) >= 11 is 0. The molecule has 1 aliphatic rings. The van der Waals surface area contributed by atoms with Gasteiger partial charge in [-0.25, -0.2) is 0 Å². The van der Waals surface area contributed by atoms with E-state index in [9.17, 15) is 5.11 Å². The number of nitrogens with one attached hydrogen (secondary N) is 1. The number of nitrogens with two attached hydrogens (primary N) is 1. The van der Waals surface area contributed by atoms with Crippen molar-refractivity contribution in [2.75, 3.05) is 35.6 Å². The maximum atomic E-state index is 9.60. The van der Waals surface area contributed by atoms with Crippen LogP contribution in [0.25, 0.3) is 0 Å². The van der Waals surface area contributed by atoms with Gasteiger partial charge in [0.1, 0.15) is 11.6 Å². The van der Waals surface area contributed by atoms with Crippen molar-refractivity contribution in [3.05, 3.63) is 6.07 Å². The number of hydrogen-bond acceptors (Lipinski definition) is 6. The van der Waals surface area contributed by atoms with Crippen molar-refractivity contribution in [2.45, 2.75) is 45.1 Å². The average molecular weight is 279 g/mol. The van der Waals surface area contributed by atoms with Gasteiger partial charge in [-0.15, -0.1) is 0 Å². The van der Waals surface area contributed by atoms with Crippen LogP contribution in [0.3, 0.4) is 0 Å². The first-order chi connectivity index (χ1) is 9.74. The van der Waals surface area contributed by atoms with E-state index in [-0.39, 0.29) is 18.6 Å². The standard InChI is InChI=1S/C14H25N5O/c1-2-7-16-12-9-13(18-14(15)17-12)19-8-5-3-4-6-11(19)10-20/h9,11,20H,2-8,10H2,1H3,(H3,15,16,17,18). The monoisotopic (exact) mass is 279 g/mol. The molecule has 0 saturated carbocycles. The second-order valence-corrected chi connectivity index (χ2v) is 5.28. The minimum absolute atomic E-state index is 0.130. The van der Waals surface area contributed by atoms with Crippen LogP contribution in [-0.4, -0.2) is 40.8 Å². The maximum absolute atomic E-state index is 9.60. The first-order valence-electron chi connectivity index (χ1n) is 7.50. The Balaban J connectivity index is 2.22. The molecule has 0 radical (unpaired) electrons. The molecule has 112 valence electrons. The van der Waals surface area contributed by atoms with E-state index in [1.165, 1.54) is 6.42 Å². The Morgan fingerprint density at radius 3 is 3.00 bits per heavy atom. The predicted octanol–water partition coefficient (Wildman–Crippen LogP) is 1.62. The zero-order valence-corrected chi connectivity index (χ0v) is 12.2. The Bertz CT molecular complexity index is 426. The SMILES string of the molecule is CCCNc1cc(N2CCCCCC2CO)nc(N)n1. The molecule has 4 N–H and O–H groups in total. The number of nitrogens with zero attached hydrogens (tertiary/aromatic N) is 3. The highest BCUT2D eigenvalue weighted by atomic mass is 16.3. The molecule has 1 aromatic heterocycles. The zero-order chi connectivity index (χ0) is 14.4. The van der Waals surface area contributed by atoms with Gasteiger partial charge in [-0.1, -0.05) is 19.8 Å². The van der Waals surface area contributed by atoms with Crippen LogP contribution >= 0.6 is 0 Å². The molecule has 0 aliphatic carbocycles. The lowest BCUT2D eigenvalue weighted by Crippen LogP contribution is -2.38. The molecular formula is C14H25N5O. The third-order valence-electron chi connectivity index (χ3n) is 3.67. The van der Waals surface area contributed by atoms with Crippen LogP contribution in [0.15, 0.2) is 6.07 Å². The van der Waals surface area contributed by atoms with E-state index >= 15 is 0 Å². The van der Waals surface area contributed by atoms with E-state index in [0.29, 0.717) is 0 Å². The average Bonchev–Trinajstić information content (AvgIpc) is 2.69. The highest BCUT2D eigenvalue weighted by Gasteiger charge is 2.22. The third kappa shape index (κ3) is 3.72. The van der Waals surface area contributed by atoms with Gasteiger partial charge in [0, 0.05) is 19.2 Å². The lowest BCUT2D eigenvalue weighted by Gasteiger charge is -2.30. The number of rotatable bonds is 5. The summed E-state index contributed by atoms with van der Waals surface area (Å²) in [6, 6.07) is 2.06. The number of anilines is 3. The summed E-state index contributed by atoms with van der Waals surface area (Å²) in [5.41, 5.74) is 5.81. The molecule has 1 aliphatic heterocycles. The molecule has 0 aromatic carbocycles.